The molecule has 0 aromatic carbocycles. The van der Waals surface area contributed by atoms with Gasteiger partial charge in [-0.3, -0.25) is 0 Å². The summed E-state index contributed by atoms with van der Waals surface area (Å²) in [4.78, 5) is 22.0. The zero-order valence-corrected chi connectivity index (χ0v) is 10.3. The summed E-state index contributed by atoms with van der Waals surface area (Å²) in [6.07, 6.45) is -0.0346. The van der Waals surface area contributed by atoms with E-state index in [0.717, 1.165) is 0 Å². The van der Waals surface area contributed by atoms with Gasteiger partial charge in [-0.1, -0.05) is 0 Å². The van der Waals surface area contributed by atoms with Crippen LogP contribution < -0.4 is 10.6 Å². The first-order chi connectivity index (χ1) is 8.61. The maximum absolute atomic E-state index is 11.3. The minimum Gasteiger partial charge on any atom is -0.480 e. The molecule has 0 radical (unpaired) electrons. The molecule has 0 aliphatic rings. The molecule has 0 aliphatic carbocycles. The van der Waals surface area contributed by atoms with E-state index in [1.165, 1.54) is 0 Å². The summed E-state index contributed by atoms with van der Waals surface area (Å²) in [6, 6.07) is -1.70. The Morgan fingerprint density at radius 3 is 2.56 bits per heavy atom. The van der Waals surface area contributed by atoms with Crippen LogP contribution in [0, 0.1) is 0 Å². The number of aliphatic carboxylic acids is 1. The molecule has 0 spiro atoms. The molecule has 1 atom stereocenters. The summed E-state index contributed by atoms with van der Waals surface area (Å²) in [5.41, 5.74) is 0. The molecule has 0 fully saturated rings. The van der Waals surface area contributed by atoms with Gasteiger partial charge in [-0.2, -0.15) is 0 Å². The highest BCUT2D eigenvalue weighted by molar-refractivity contribution is 5.82. The van der Waals surface area contributed by atoms with Crippen LogP contribution in [0.5, 0.6) is 0 Å². The van der Waals surface area contributed by atoms with Crippen molar-refractivity contribution in [3.8, 4) is 0 Å². The van der Waals surface area contributed by atoms with Gasteiger partial charge in [-0.15, -0.1) is 0 Å². The lowest BCUT2D eigenvalue weighted by Gasteiger charge is -2.13. The molecule has 0 bridgehead atoms. The van der Waals surface area contributed by atoms with Gasteiger partial charge in [0.15, 0.2) is 0 Å². The molecule has 106 valence electrons. The summed E-state index contributed by atoms with van der Waals surface area (Å²) in [5.74, 6) is -1.18. The summed E-state index contributed by atoms with van der Waals surface area (Å²) >= 11 is 0. The minimum absolute atomic E-state index is 0.0346. The van der Waals surface area contributed by atoms with Crippen molar-refractivity contribution in [2.75, 3.05) is 40.1 Å². The number of carboxylic acid groups (broad SMARTS) is 1. The number of nitrogens with one attached hydrogen (secondary N) is 2. The van der Waals surface area contributed by atoms with Crippen molar-refractivity contribution in [3.63, 3.8) is 0 Å². The molecule has 0 aromatic rings. The number of urea groups is 1. The molecule has 0 aliphatic heterocycles. The zero-order chi connectivity index (χ0) is 13.8. The topological polar surface area (TPSA) is 117 Å². The minimum atomic E-state index is -1.18. The second kappa shape index (κ2) is 10.8. The van der Waals surface area contributed by atoms with Crippen LogP contribution >= 0.6 is 0 Å². The lowest BCUT2D eigenvalue weighted by atomic mass is 10.2. The second-order valence-electron chi connectivity index (χ2n) is 3.41. The van der Waals surface area contributed by atoms with E-state index in [4.69, 9.17) is 19.7 Å². The first-order valence-corrected chi connectivity index (χ1v) is 5.56. The van der Waals surface area contributed by atoms with Gasteiger partial charge in [0, 0.05) is 26.7 Å². The summed E-state index contributed by atoms with van der Waals surface area (Å²) in [5, 5.41) is 22.0. The highest BCUT2D eigenvalue weighted by atomic mass is 16.5. The lowest BCUT2D eigenvalue weighted by molar-refractivity contribution is -0.139. The molecule has 18 heavy (non-hydrogen) atoms. The SMILES string of the molecule is COCCOCCNC(=O)NC(CCO)C(=O)O. The molecule has 0 aromatic heterocycles. The number of carbonyl (C=O) groups is 2. The quantitative estimate of drug-likeness (QED) is 0.368. The third kappa shape index (κ3) is 8.74. The average molecular weight is 264 g/mol. The number of aliphatic hydroxyl groups excluding tert-OH is 1. The molecule has 2 amide bonds. The van der Waals surface area contributed by atoms with E-state index in [1.807, 2.05) is 0 Å². The second-order valence-corrected chi connectivity index (χ2v) is 3.41. The van der Waals surface area contributed by atoms with Crippen molar-refractivity contribution in [2.45, 2.75) is 12.5 Å². The van der Waals surface area contributed by atoms with Gasteiger partial charge in [-0.25, -0.2) is 9.59 Å². The van der Waals surface area contributed by atoms with Crippen LogP contribution in [0.25, 0.3) is 0 Å². The Balaban J connectivity index is 3.65. The van der Waals surface area contributed by atoms with Crippen LogP contribution in [0.15, 0.2) is 0 Å². The predicted molar refractivity (Wildman–Crippen MR) is 62.4 cm³/mol. The summed E-state index contributed by atoms with van der Waals surface area (Å²) < 4.78 is 9.86. The third-order valence-electron chi connectivity index (χ3n) is 1.98. The number of ether oxygens (including phenoxy) is 2. The maximum Gasteiger partial charge on any atom is 0.326 e. The number of methoxy groups -OCH3 is 1. The molecule has 1 unspecified atom stereocenters. The van der Waals surface area contributed by atoms with Gasteiger partial charge < -0.3 is 30.3 Å². The molecule has 0 rings (SSSR count). The van der Waals surface area contributed by atoms with Crippen LogP contribution in [0.3, 0.4) is 0 Å². The van der Waals surface area contributed by atoms with E-state index in [0.29, 0.717) is 19.8 Å². The zero-order valence-electron chi connectivity index (χ0n) is 10.3. The predicted octanol–water partition coefficient (Wildman–Crippen LogP) is -1.22. The van der Waals surface area contributed by atoms with E-state index in [2.05, 4.69) is 10.6 Å². The molecule has 0 heterocycles. The number of hydrogen-bond acceptors (Lipinski definition) is 5. The highest BCUT2D eigenvalue weighted by Crippen LogP contribution is 1.90. The van der Waals surface area contributed by atoms with Crippen molar-refractivity contribution in [3.05, 3.63) is 0 Å². The Bertz CT molecular complexity index is 249. The van der Waals surface area contributed by atoms with Crippen LogP contribution in [0.2, 0.25) is 0 Å². The molecule has 8 nitrogen and oxygen atoms in total. The monoisotopic (exact) mass is 264 g/mol. The van der Waals surface area contributed by atoms with E-state index in [9.17, 15) is 9.59 Å². The van der Waals surface area contributed by atoms with E-state index >= 15 is 0 Å². The fraction of sp³-hybridized carbons (Fsp3) is 0.800. The van der Waals surface area contributed by atoms with Crippen LogP contribution in [-0.2, 0) is 14.3 Å². The Hall–Kier alpha value is -1.38. The summed E-state index contributed by atoms with van der Waals surface area (Å²) in [6.45, 7) is 1.18. The molecule has 4 N–H and O–H groups in total. The van der Waals surface area contributed by atoms with Crippen molar-refractivity contribution >= 4 is 12.0 Å². The van der Waals surface area contributed by atoms with E-state index in [-0.39, 0.29) is 19.6 Å². The van der Waals surface area contributed by atoms with Gasteiger partial charge in [0.1, 0.15) is 6.04 Å². The van der Waals surface area contributed by atoms with Crippen LogP contribution in [0.4, 0.5) is 4.79 Å². The number of carboxylic acids is 1. The van der Waals surface area contributed by atoms with Crippen LogP contribution in [-0.4, -0.2) is 68.3 Å². The molecular weight excluding hydrogens is 244 g/mol. The Morgan fingerprint density at radius 1 is 1.28 bits per heavy atom. The van der Waals surface area contributed by atoms with Gasteiger partial charge >= 0.3 is 12.0 Å². The van der Waals surface area contributed by atoms with E-state index in [1.54, 1.807) is 7.11 Å². The van der Waals surface area contributed by atoms with Crippen molar-refractivity contribution in [2.24, 2.45) is 0 Å². The Morgan fingerprint density at radius 2 is 2.00 bits per heavy atom. The van der Waals surface area contributed by atoms with Gasteiger partial charge in [0.05, 0.1) is 19.8 Å². The smallest absolute Gasteiger partial charge is 0.326 e. The van der Waals surface area contributed by atoms with Gasteiger partial charge in [0.2, 0.25) is 0 Å². The number of amides is 2. The average Bonchev–Trinajstić information content (AvgIpc) is 2.33. The van der Waals surface area contributed by atoms with E-state index < -0.39 is 18.0 Å². The molecule has 0 saturated heterocycles. The van der Waals surface area contributed by atoms with Crippen molar-refractivity contribution < 1.29 is 29.3 Å². The van der Waals surface area contributed by atoms with Crippen molar-refractivity contribution in [1.82, 2.24) is 10.6 Å². The third-order valence-corrected chi connectivity index (χ3v) is 1.98. The van der Waals surface area contributed by atoms with Gasteiger partial charge in [0.25, 0.3) is 0 Å². The molecular formula is C10H20N2O6. The number of carbonyl (C=O) groups excluding carboxylic acids is 1. The maximum atomic E-state index is 11.3. The lowest BCUT2D eigenvalue weighted by Crippen LogP contribution is -2.47. The largest absolute Gasteiger partial charge is 0.480 e. The fourth-order valence-corrected chi connectivity index (χ4v) is 1.08. The Kier molecular flexibility index (Phi) is 9.93. The first-order valence-electron chi connectivity index (χ1n) is 5.56. The molecule has 8 heteroatoms. The first kappa shape index (κ1) is 16.6. The number of hydrogen-bond donors (Lipinski definition) is 4. The standard InChI is InChI=1S/C10H20N2O6/c1-17-6-7-18-5-3-11-10(16)12-8(2-4-13)9(14)15/h8,13H,2-7H2,1H3,(H,14,15)(H2,11,12,16). The Labute approximate surface area is 105 Å². The van der Waals surface area contributed by atoms with Crippen LogP contribution in [0.1, 0.15) is 6.42 Å². The number of aliphatic hydroxyl groups is 1. The van der Waals surface area contributed by atoms with Crippen molar-refractivity contribution in [1.29, 1.82) is 0 Å². The fourth-order valence-electron chi connectivity index (χ4n) is 1.08. The summed E-state index contributed by atoms with van der Waals surface area (Å²) in [7, 11) is 1.56. The normalized spacial score (nSPS) is 11.9. The number of rotatable bonds is 10. The van der Waals surface area contributed by atoms with Gasteiger partial charge in [-0.05, 0) is 0 Å². The molecule has 0 saturated carbocycles. The highest BCUT2D eigenvalue weighted by Gasteiger charge is 2.18.